The van der Waals surface area contributed by atoms with E-state index in [0.717, 1.165) is 0 Å². The number of aliphatic hydroxyl groups excluding tert-OH is 2. The van der Waals surface area contributed by atoms with Crippen LogP contribution in [0.1, 0.15) is 32.1 Å². The molecule has 1 aromatic rings. The van der Waals surface area contributed by atoms with Gasteiger partial charge in [-0.1, -0.05) is 12.2 Å². The van der Waals surface area contributed by atoms with Crippen LogP contribution in [0.25, 0.3) is 0 Å². The summed E-state index contributed by atoms with van der Waals surface area (Å²) in [5.74, 6) is 0.958. The highest BCUT2D eigenvalue weighted by atomic mass is 16.5. The van der Waals surface area contributed by atoms with E-state index in [4.69, 9.17) is 4.74 Å². The molecule has 1 heterocycles. The second-order valence-electron chi connectivity index (χ2n) is 5.08. The third-order valence-electron chi connectivity index (χ3n) is 3.29. The molecule has 1 aromatic heterocycles. The van der Waals surface area contributed by atoms with Gasteiger partial charge in [0.25, 0.3) is 0 Å². The zero-order valence-corrected chi connectivity index (χ0v) is 11.3. The first-order valence-electron chi connectivity index (χ1n) is 6.38. The molecule has 0 amide bonds. The van der Waals surface area contributed by atoms with E-state index >= 15 is 0 Å². The van der Waals surface area contributed by atoms with E-state index in [1.54, 1.807) is 18.3 Å². The van der Waals surface area contributed by atoms with Crippen molar-refractivity contribution in [1.82, 2.24) is 9.55 Å². The molecule has 5 heteroatoms. The van der Waals surface area contributed by atoms with Crippen LogP contribution < -0.4 is 0 Å². The lowest BCUT2D eigenvalue weighted by Gasteiger charge is -2.30. The van der Waals surface area contributed by atoms with Gasteiger partial charge < -0.3 is 19.5 Å². The predicted molar refractivity (Wildman–Crippen MR) is 71.7 cm³/mol. The van der Waals surface area contributed by atoms with E-state index in [1.165, 1.54) is 0 Å². The van der Waals surface area contributed by atoms with Gasteiger partial charge in [-0.15, -0.1) is 0 Å². The van der Waals surface area contributed by atoms with E-state index in [1.807, 2.05) is 30.7 Å². The molecule has 0 fully saturated rings. The number of aromatic nitrogens is 2. The first-order valence-corrected chi connectivity index (χ1v) is 6.38. The van der Waals surface area contributed by atoms with E-state index in [0.29, 0.717) is 24.6 Å². The maximum atomic E-state index is 9.56. The highest BCUT2D eigenvalue weighted by Crippen LogP contribution is 2.26. The number of imidazole rings is 1. The van der Waals surface area contributed by atoms with Crippen molar-refractivity contribution in [3.63, 3.8) is 0 Å². The van der Waals surface area contributed by atoms with Gasteiger partial charge in [-0.25, -0.2) is 4.98 Å². The maximum absolute atomic E-state index is 9.56. The Morgan fingerprint density at radius 2 is 2.37 bits per heavy atom. The summed E-state index contributed by atoms with van der Waals surface area (Å²) in [4.78, 5) is 4.07. The second-order valence-corrected chi connectivity index (χ2v) is 5.08. The van der Waals surface area contributed by atoms with Crippen LogP contribution in [0.2, 0.25) is 0 Å². The quantitative estimate of drug-likeness (QED) is 0.854. The number of rotatable bonds is 5. The van der Waals surface area contributed by atoms with Gasteiger partial charge in [0.05, 0.1) is 24.0 Å². The largest absolute Gasteiger partial charge is 0.512 e. The molecule has 0 aromatic carbocycles. The standard InChI is InChI=1S/C14H20N2O3/c1-11(16-7-6-15-13(16)9-17)10-19-14(2)5-3-4-12(18)8-14/h3-7,11,17-18H,8-10H2,1-2H3. The number of ether oxygens (including phenoxy) is 1. The molecule has 0 radical (unpaired) electrons. The van der Waals surface area contributed by atoms with Gasteiger partial charge in [0.15, 0.2) is 0 Å². The Balaban J connectivity index is 1.96. The number of aliphatic hydroxyl groups is 2. The summed E-state index contributed by atoms with van der Waals surface area (Å²) in [6, 6.07) is 0.0722. The smallest absolute Gasteiger partial charge is 0.134 e. The third-order valence-corrected chi connectivity index (χ3v) is 3.29. The molecule has 104 valence electrons. The van der Waals surface area contributed by atoms with Crippen molar-refractivity contribution in [2.45, 2.75) is 38.5 Å². The summed E-state index contributed by atoms with van der Waals surface area (Å²) >= 11 is 0. The SMILES string of the molecule is CC(COC1(C)C=CC=C(O)C1)n1ccnc1CO. The third kappa shape index (κ3) is 3.24. The van der Waals surface area contributed by atoms with Crippen LogP contribution in [0, 0.1) is 0 Å². The van der Waals surface area contributed by atoms with Gasteiger partial charge in [0.1, 0.15) is 12.4 Å². The van der Waals surface area contributed by atoms with Crippen LogP contribution in [0.3, 0.4) is 0 Å². The average molecular weight is 264 g/mol. The van der Waals surface area contributed by atoms with Crippen molar-refractivity contribution in [2.24, 2.45) is 0 Å². The summed E-state index contributed by atoms with van der Waals surface area (Å²) in [6.07, 6.45) is 9.40. The molecule has 0 bridgehead atoms. The Labute approximate surface area is 112 Å². The van der Waals surface area contributed by atoms with Gasteiger partial charge in [-0.05, 0) is 19.9 Å². The lowest BCUT2D eigenvalue weighted by atomic mass is 9.96. The van der Waals surface area contributed by atoms with Gasteiger partial charge in [-0.2, -0.15) is 0 Å². The summed E-state index contributed by atoms with van der Waals surface area (Å²) in [6.45, 7) is 4.35. The van der Waals surface area contributed by atoms with Gasteiger partial charge >= 0.3 is 0 Å². The van der Waals surface area contributed by atoms with E-state index < -0.39 is 5.60 Å². The Bertz CT molecular complexity index is 493. The fourth-order valence-electron chi connectivity index (χ4n) is 2.20. The zero-order chi connectivity index (χ0) is 13.9. The van der Waals surface area contributed by atoms with Crippen LogP contribution >= 0.6 is 0 Å². The lowest BCUT2D eigenvalue weighted by Crippen LogP contribution is -2.31. The molecule has 0 spiro atoms. The first-order chi connectivity index (χ1) is 9.04. The van der Waals surface area contributed by atoms with Crippen LogP contribution in [-0.2, 0) is 11.3 Å². The lowest BCUT2D eigenvalue weighted by molar-refractivity contribution is -0.0163. The normalized spacial score (nSPS) is 24.3. The van der Waals surface area contributed by atoms with Gasteiger partial charge in [-0.3, -0.25) is 0 Å². The Morgan fingerprint density at radius 1 is 1.58 bits per heavy atom. The van der Waals surface area contributed by atoms with Crippen molar-refractivity contribution in [2.75, 3.05) is 6.61 Å². The van der Waals surface area contributed by atoms with Crippen molar-refractivity contribution in [3.05, 3.63) is 42.2 Å². The molecule has 0 aliphatic heterocycles. The summed E-state index contributed by atoms with van der Waals surface area (Å²) in [7, 11) is 0. The van der Waals surface area contributed by atoms with Gasteiger partial charge in [0.2, 0.25) is 0 Å². The molecule has 5 nitrogen and oxygen atoms in total. The van der Waals surface area contributed by atoms with Crippen LogP contribution in [0.15, 0.2) is 36.4 Å². The Hall–Kier alpha value is -1.59. The van der Waals surface area contributed by atoms with Crippen molar-refractivity contribution < 1.29 is 14.9 Å². The minimum atomic E-state index is -0.479. The molecule has 2 N–H and O–H groups in total. The topological polar surface area (TPSA) is 67.5 Å². The molecule has 1 aliphatic carbocycles. The fraction of sp³-hybridized carbons (Fsp3) is 0.500. The monoisotopic (exact) mass is 264 g/mol. The molecule has 2 rings (SSSR count). The molecular weight excluding hydrogens is 244 g/mol. The zero-order valence-electron chi connectivity index (χ0n) is 11.3. The minimum absolute atomic E-state index is 0.0722. The highest BCUT2D eigenvalue weighted by molar-refractivity contribution is 5.20. The number of hydrogen-bond acceptors (Lipinski definition) is 4. The van der Waals surface area contributed by atoms with Crippen molar-refractivity contribution in [3.8, 4) is 0 Å². The number of allylic oxidation sites excluding steroid dienone is 2. The van der Waals surface area contributed by atoms with Crippen LogP contribution in [0.4, 0.5) is 0 Å². The summed E-state index contributed by atoms with van der Waals surface area (Å²) in [5, 5.41) is 18.7. The number of hydrogen-bond donors (Lipinski definition) is 2. The second kappa shape index (κ2) is 5.59. The minimum Gasteiger partial charge on any atom is -0.512 e. The molecule has 2 unspecified atom stereocenters. The van der Waals surface area contributed by atoms with Crippen molar-refractivity contribution >= 4 is 0 Å². The van der Waals surface area contributed by atoms with Crippen LogP contribution in [-0.4, -0.2) is 32.0 Å². The van der Waals surface area contributed by atoms with Gasteiger partial charge in [0, 0.05) is 18.8 Å². The van der Waals surface area contributed by atoms with E-state index in [-0.39, 0.29) is 12.6 Å². The Morgan fingerprint density at radius 3 is 3.05 bits per heavy atom. The fourth-order valence-corrected chi connectivity index (χ4v) is 2.20. The summed E-state index contributed by atoms with van der Waals surface area (Å²) in [5.41, 5.74) is -0.479. The Kier molecular flexibility index (Phi) is 4.07. The molecule has 0 saturated carbocycles. The molecule has 19 heavy (non-hydrogen) atoms. The highest BCUT2D eigenvalue weighted by Gasteiger charge is 2.26. The van der Waals surface area contributed by atoms with Crippen molar-refractivity contribution in [1.29, 1.82) is 0 Å². The number of nitrogens with zero attached hydrogens (tertiary/aromatic N) is 2. The van der Waals surface area contributed by atoms with Crippen LogP contribution in [0.5, 0.6) is 0 Å². The molecule has 1 aliphatic rings. The molecular formula is C14H20N2O3. The molecule has 2 atom stereocenters. The van der Waals surface area contributed by atoms with E-state index in [9.17, 15) is 10.2 Å². The maximum Gasteiger partial charge on any atom is 0.134 e. The average Bonchev–Trinajstić information content (AvgIpc) is 2.84. The molecule has 0 saturated heterocycles. The first kappa shape index (κ1) is 13.8. The summed E-state index contributed by atoms with van der Waals surface area (Å²) < 4.78 is 7.80. The van der Waals surface area contributed by atoms with E-state index in [2.05, 4.69) is 4.98 Å². The predicted octanol–water partition coefficient (Wildman–Crippen LogP) is 2.11.